The van der Waals surface area contributed by atoms with Gasteiger partial charge in [0.25, 0.3) is 0 Å². The number of hydrogen-bond acceptors (Lipinski definition) is 4. The van der Waals surface area contributed by atoms with Gasteiger partial charge in [0.1, 0.15) is 5.50 Å². The fourth-order valence-electron chi connectivity index (χ4n) is 3.82. The van der Waals surface area contributed by atoms with Gasteiger partial charge in [0.2, 0.25) is 5.91 Å². The zero-order valence-electron chi connectivity index (χ0n) is 12.1. The van der Waals surface area contributed by atoms with Gasteiger partial charge in [-0.1, -0.05) is 13.8 Å². The van der Waals surface area contributed by atoms with Crippen molar-refractivity contribution in [3.8, 4) is 0 Å². The Kier molecular flexibility index (Phi) is 3.35. The summed E-state index contributed by atoms with van der Waals surface area (Å²) < 4.78 is 0. The fourth-order valence-corrected chi connectivity index (χ4v) is 5.64. The van der Waals surface area contributed by atoms with Gasteiger partial charge in [0.15, 0.2) is 0 Å². The molecule has 4 nitrogen and oxygen atoms in total. The highest BCUT2D eigenvalue weighted by molar-refractivity contribution is 8.00. The van der Waals surface area contributed by atoms with Crippen LogP contribution in [0.3, 0.4) is 0 Å². The summed E-state index contributed by atoms with van der Waals surface area (Å²) in [6.45, 7) is 8.29. The van der Waals surface area contributed by atoms with Crippen LogP contribution < -0.4 is 5.73 Å². The molecule has 3 rings (SSSR count). The molecule has 0 bridgehead atoms. The molecule has 0 aromatic carbocycles. The molecule has 2 saturated heterocycles. The van der Waals surface area contributed by atoms with Crippen molar-refractivity contribution in [2.45, 2.75) is 56.9 Å². The first kappa shape index (κ1) is 13.7. The maximum Gasteiger partial charge on any atom is 0.230 e. The molecule has 108 valence electrons. The first-order valence-electron chi connectivity index (χ1n) is 7.38. The van der Waals surface area contributed by atoms with Gasteiger partial charge < -0.3 is 10.6 Å². The molecule has 2 heterocycles. The third kappa shape index (κ3) is 2.10. The van der Waals surface area contributed by atoms with Crippen LogP contribution in [0.4, 0.5) is 0 Å². The number of amides is 1. The van der Waals surface area contributed by atoms with Crippen LogP contribution in [0, 0.1) is 11.3 Å². The summed E-state index contributed by atoms with van der Waals surface area (Å²) in [7, 11) is 0. The number of carbonyl (C=O) groups excluding carboxylic acids is 1. The fraction of sp³-hybridized carbons (Fsp3) is 0.929. The Labute approximate surface area is 120 Å². The summed E-state index contributed by atoms with van der Waals surface area (Å²) in [6.07, 6.45) is 3.72. The number of rotatable bonds is 2. The van der Waals surface area contributed by atoms with E-state index in [0.717, 1.165) is 13.0 Å². The lowest BCUT2D eigenvalue weighted by Crippen LogP contribution is -2.74. The predicted octanol–water partition coefficient (Wildman–Crippen LogP) is 1.66. The lowest BCUT2D eigenvalue weighted by molar-refractivity contribution is -0.176. The van der Waals surface area contributed by atoms with Crippen molar-refractivity contribution >= 4 is 17.7 Å². The number of thioether (sulfide) groups is 1. The van der Waals surface area contributed by atoms with Crippen LogP contribution in [0.25, 0.3) is 0 Å². The van der Waals surface area contributed by atoms with Gasteiger partial charge in [-0.15, -0.1) is 11.8 Å². The standard InChI is InChI=1S/C14H25N3OS/c1-9-16(7-6-15)13-17(9)12(18)10-8-14(2,3)5-4-11(10)19-13/h9-11,13H,4-8,15H2,1-3H3. The Morgan fingerprint density at radius 2 is 2.21 bits per heavy atom. The zero-order chi connectivity index (χ0) is 13.8. The Bertz CT molecular complexity index is 387. The minimum absolute atomic E-state index is 0.236. The zero-order valence-corrected chi connectivity index (χ0v) is 12.9. The van der Waals surface area contributed by atoms with Gasteiger partial charge in [-0.3, -0.25) is 9.69 Å². The van der Waals surface area contributed by atoms with E-state index in [1.54, 1.807) is 0 Å². The molecule has 2 aliphatic heterocycles. The monoisotopic (exact) mass is 283 g/mol. The third-order valence-corrected chi connectivity index (χ3v) is 6.64. The largest absolute Gasteiger partial charge is 0.329 e. The van der Waals surface area contributed by atoms with Gasteiger partial charge in [-0.05, 0) is 31.6 Å². The molecule has 2 N–H and O–H groups in total. The highest BCUT2D eigenvalue weighted by atomic mass is 32.2. The number of carbonyl (C=O) groups is 1. The van der Waals surface area contributed by atoms with Crippen LogP contribution in [-0.2, 0) is 4.79 Å². The molecule has 3 aliphatic rings. The molecule has 1 amide bonds. The van der Waals surface area contributed by atoms with Crippen molar-refractivity contribution in [3.05, 3.63) is 0 Å². The second-order valence-electron chi connectivity index (χ2n) is 6.92. The van der Waals surface area contributed by atoms with Gasteiger partial charge in [-0.2, -0.15) is 0 Å². The van der Waals surface area contributed by atoms with Gasteiger partial charge in [0, 0.05) is 18.3 Å². The molecule has 4 atom stereocenters. The maximum atomic E-state index is 12.7. The smallest absolute Gasteiger partial charge is 0.230 e. The van der Waals surface area contributed by atoms with Crippen LogP contribution in [0.5, 0.6) is 0 Å². The molecule has 0 aromatic rings. The van der Waals surface area contributed by atoms with E-state index in [9.17, 15) is 4.79 Å². The first-order valence-corrected chi connectivity index (χ1v) is 8.32. The van der Waals surface area contributed by atoms with Crippen molar-refractivity contribution in [2.75, 3.05) is 13.1 Å². The average molecular weight is 283 g/mol. The molecule has 3 fully saturated rings. The van der Waals surface area contributed by atoms with E-state index in [4.69, 9.17) is 5.73 Å². The van der Waals surface area contributed by atoms with Crippen molar-refractivity contribution in [2.24, 2.45) is 17.1 Å². The second-order valence-corrected chi connectivity index (χ2v) is 8.22. The highest BCUT2D eigenvalue weighted by Gasteiger charge is 2.56. The second kappa shape index (κ2) is 4.64. The summed E-state index contributed by atoms with van der Waals surface area (Å²) in [5.74, 6) is 0.634. The minimum atomic E-state index is 0.236. The Hall–Kier alpha value is -0.260. The van der Waals surface area contributed by atoms with Crippen LogP contribution in [0.2, 0.25) is 0 Å². The van der Waals surface area contributed by atoms with E-state index in [1.807, 2.05) is 11.8 Å². The molecule has 0 spiro atoms. The molecular formula is C14H25N3OS. The van der Waals surface area contributed by atoms with E-state index >= 15 is 0 Å². The number of nitrogens with two attached hydrogens (primary N) is 1. The van der Waals surface area contributed by atoms with Crippen LogP contribution >= 0.6 is 11.8 Å². The summed E-state index contributed by atoms with van der Waals surface area (Å²) >= 11 is 2.00. The van der Waals surface area contributed by atoms with Gasteiger partial charge in [0.05, 0.1) is 12.1 Å². The van der Waals surface area contributed by atoms with Crippen molar-refractivity contribution in [3.63, 3.8) is 0 Å². The van der Waals surface area contributed by atoms with Crippen LogP contribution in [-0.4, -0.2) is 45.7 Å². The number of fused-ring (bicyclic) bond motifs is 2. The molecule has 1 saturated carbocycles. The molecule has 1 aliphatic carbocycles. The Morgan fingerprint density at radius 3 is 2.89 bits per heavy atom. The van der Waals surface area contributed by atoms with E-state index < -0.39 is 0 Å². The first-order chi connectivity index (χ1) is 8.94. The molecular weight excluding hydrogens is 258 g/mol. The minimum Gasteiger partial charge on any atom is -0.329 e. The summed E-state index contributed by atoms with van der Waals surface area (Å²) in [5, 5.41) is 0.523. The lowest BCUT2D eigenvalue weighted by atomic mass is 9.71. The Morgan fingerprint density at radius 1 is 1.47 bits per heavy atom. The van der Waals surface area contributed by atoms with E-state index in [1.165, 1.54) is 12.8 Å². The van der Waals surface area contributed by atoms with E-state index in [0.29, 0.717) is 23.1 Å². The van der Waals surface area contributed by atoms with Crippen molar-refractivity contribution in [1.82, 2.24) is 9.80 Å². The molecule has 4 unspecified atom stereocenters. The number of nitrogens with zero attached hydrogens (tertiary/aromatic N) is 2. The van der Waals surface area contributed by atoms with Gasteiger partial charge in [-0.25, -0.2) is 0 Å². The maximum absolute atomic E-state index is 12.7. The molecule has 5 heteroatoms. The van der Waals surface area contributed by atoms with Crippen LogP contribution in [0.1, 0.15) is 40.0 Å². The molecule has 19 heavy (non-hydrogen) atoms. The van der Waals surface area contributed by atoms with E-state index in [-0.39, 0.29) is 17.6 Å². The normalized spacial score (nSPS) is 41.5. The lowest BCUT2D eigenvalue weighted by Gasteiger charge is -2.62. The summed E-state index contributed by atoms with van der Waals surface area (Å²) in [5.41, 5.74) is 6.26. The van der Waals surface area contributed by atoms with Crippen molar-refractivity contribution in [1.29, 1.82) is 0 Å². The Balaban J connectivity index is 1.76. The summed E-state index contributed by atoms with van der Waals surface area (Å²) in [6, 6.07) is 0. The molecule has 0 aromatic heterocycles. The molecule has 0 radical (unpaired) electrons. The third-order valence-electron chi connectivity index (χ3n) is 4.99. The highest BCUT2D eigenvalue weighted by Crippen LogP contribution is 2.52. The number of hydrogen-bond donors (Lipinski definition) is 1. The van der Waals surface area contributed by atoms with Gasteiger partial charge >= 0.3 is 0 Å². The predicted molar refractivity (Wildman–Crippen MR) is 78.4 cm³/mol. The average Bonchev–Trinajstić information content (AvgIpc) is 2.35. The van der Waals surface area contributed by atoms with Crippen molar-refractivity contribution < 1.29 is 4.79 Å². The van der Waals surface area contributed by atoms with Crippen LogP contribution in [0.15, 0.2) is 0 Å². The topological polar surface area (TPSA) is 49.6 Å². The van der Waals surface area contributed by atoms with E-state index in [2.05, 4.69) is 30.6 Å². The quantitative estimate of drug-likeness (QED) is 0.837. The SMILES string of the molecule is CC1N(CCN)C2SC3CCC(C)(C)CC3C(=O)N12. The summed E-state index contributed by atoms with van der Waals surface area (Å²) in [4.78, 5) is 17.2.